The Hall–Kier alpha value is -3.21. The van der Waals surface area contributed by atoms with Crippen LogP contribution < -0.4 is 14.8 Å². The van der Waals surface area contributed by atoms with Gasteiger partial charge >= 0.3 is 0 Å². The molecule has 0 aliphatic heterocycles. The minimum Gasteiger partial charge on any atom is -0.493 e. The second-order valence-corrected chi connectivity index (χ2v) is 6.21. The Kier molecular flexibility index (Phi) is 5.81. The molecule has 1 heterocycles. The molecule has 1 aromatic heterocycles. The number of ether oxygens (including phenoxy) is 2. The molecule has 27 heavy (non-hydrogen) atoms. The summed E-state index contributed by atoms with van der Waals surface area (Å²) in [5.41, 5.74) is 3.66. The first-order chi connectivity index (χ1) is 13.1. The van der Waals surface area contributed by atoms with Gasteiger partial charge in [0.25, 0.3) is 5.91 Å². The molecule has 0 radical (unpaired) electrons. The van der Waals surface area contributed by atoms with Crippen molar-refractivity contribution in [2.24, 2.45) is 0 Å². The van der Waals surface area contributed by atoms with Gasteiger partial charge in [0.05, 0.1) is 19.2 Å². The molecule has 1 N–H and O–H groups in total. The fourth-order valence-corrected chi connectivity index (χ4v) is 3.13. The molecule has 3 rings (SSSR count). The molecule has 0 spiro atoms. The molecule has 0 aliphatic rings. The lowest BCUT2D eigenvalue weighted by Gasteiger charge is -2.11. The van der Waals surface area contributed by atoms with E-state index in [0.29, 0.717) is 30.2 Å². The number of hydrogen-bond acceptors (Lipinski definition) is 3. The molecule has 5 heteroatoms. The quantitative estimate of drug-likeness (QED) is 0.647. The number of rotatable bonds is 7. The van der Waals surface area contributed by atoms with Crippen molar-refractivity contribution in [2.75, 3.05) is 20.3 Å². The fourth-order valence-electron chi connectivity index (χ4n) is 3.13. The van der Waals surface area contributed by atoms with Gasteiger partial charge in [0.1, 0.15) is 6.61 Å². The molecule has 3 aromatic rings. The van der Waals surface area contributed by atoms with E-state index in [-0.39, 0.29) is 5.91 Å². The lowest BCUT2D eigenvalue weighted by atomic mass is 10.2. The van der Waals surface area contributed by atoms with E-state index < -0.39 is 0 Å². The smallest absolute Gasteiger partial charge is 0.253 e. The Morgan fingerprint density at radius 3 is 2.37 bits per heavy atom. The summed E-state index contributed by atoms with van der Waals surface area (Å²) in [5.74, 6) is 1.24. The van der Waals surface area contributed by atoms with Gasteiger partial charge in [0.15, 0.2) is 11.5 Å². The normalized spacial score (nSPS) is 10.5. The molecule has 0 atom stereocenters. The first kappa shape index (κ1) is 18.6. The maximum atomic E-state index is 12.6. The Labute approximate surface area is 159 Å². The van der Waals surface area contributed by atoms with Crippen LogP contribution in [0.3, 0.4) is 0 Å². The number of hydrogen-bond donors (Lipinski definition) is 1. The molecule has 2 aromatic carbocycles. The van der Waals surface area contributed by atoms with Gasteiger partial charge in [-0.05, 0) is 44.2 Å². The van der Waals surface area contributed by atoms with Crippen LogP contribution in [0.5, 0.6) is 11.5 Å². The highest BCUT2D eigenvalue weighted by atomic mass is 16.5. The van der Waals surface area contributed by atoms with Gasteiger partial charge in [0.2, 0.25) is 0 Å². The van der Waals surface area contributed by atoms with E-state index in [2.05, 4.69) is 9.88 Å². The summed E-state index contributed by atoms with van der Waals surface area (Å²) in [6, 6.07) is 19.4. The first-order valence-electron chi connectivity index (χ1n) is 8.90. The molecule has 0 fully saturated rings. The zero-order chi connectivity index (χ0) is 19.2. The highest BCUT2D eigenvalue weighted by Gasteiger charge is 2.16. The molecule has 0 saturated carbocycles. The summed E-state index contributed by atoms with van der Waals surface area (Å²) in [6.07, 6.45) is 0. The summed E-state index contributed by atoms with van der Waals surface area (Å²) in [4.78, 5) is 12.6. The number of nitrogens with zero attached hydrogens (tertiary/aromatic N) is 1. The van der Waals surface area contributed by atoms with Gasteiger partial charge in [-0.25, -0.2) is 0 Å². The van der Waals surface area contributed by atoms with Crippen LogP contribution in [-0.4, -0.2) is 30.7 Å². The van der Waals surface area contributed by atoms with E-state index in [0.717, 1.165) is 17.1 Å². The number of aromatic nitrogens is 1. The van der Waals surface area contributed by atoms with E-state index in [4.69, 9.17) is 9.47 Å². The predicted octanol–water partition coefficient (Wildman–Crippen LogP) is 3.91. The minimum atomic E-state index is -0.103. The number of carbonyl (C=O) groups excluding carboxylic acids is 1. The van der Waals surface area contributed by atoms with Crippen LogP contribution in [0.15, 0.2) is 60.7 Å². The van der Waals surface area contributed by atoms with Crippen molar-refractivity contribution in [1.82, 2.24) is 9.88 Å². The van der Waals surface area contributed by atoms with Gasteiger partial charge in [-0.3, -0.25) is 4.79 Å². The predicted molar refractivity (Wildman–Crippen MR) is 106 cm³/mol. The zero-order valence-corrected chi connectivity index (χ0v) is 15.9. The maximum Gasteiger partial charge on any atom is 0.253 e. The Balaban J connectivity index is 1.62. The molecule has 0 aliphatic carbocycles. The molecule has 0 saturated heterocycles. The summed E-state index contributed by atoms with van der Waals surface area (Å²) in [5, 5.41) is 2.92. The van der Waals surface area contributed by atoms with E-state index in [1.807, 2.05) is 74.5 Å². The van der Waals surface area contributed by atoms with Crippen LogP contribution in [0.4, 0.5) is 0 Å². The van der Waals surface area contributed by atoms with Crippen molar-refractivity contribution in [3.63, 3.8) is 0 Å². The molecule has 0 unspecified atom stereocenters. The van der Waals surface area contributed by atoms with Crippen molar-refractivity contribution >= 4 is 5.91 Å². The van der Waals surface area contributed by atoms with Crippen LogP contribution in [0.2, 0.25) is 0 Å². The molecule has 140 valence electrons. The number of aryl methyl sites for hydroxylation is 1. The minimum absolute atomic E-state index is 0.103. The molecule has 0 bridgehead atoms. The summed E-state index contributed by atoms with van der Waals surface area (Å²) < 4.78 is 13.0. The number of carbonyl (C=O) groups is 1. The molecule has 5 nitrogen and oxygen atoms in total. The second-order valence-electron chi connectivity index (χ2n) is 6.21. The fraction of sp³-hybridized carbons (Fsp3) is 0.227. The van der Waals surface area contributed by atoms with Gasteiger partial charge in [-0.15, -0.1) is 0 Å². The zero-order valence-electron chi connectivity index (χ0n) is 15.9. The van der Waals surface area contributed by atoms with Crippen molar-refractivity contribution in [1.29, 1.82) is 0 Å². The summed E-state index contributed by atoms with van der Waals surface area (Å²) in [7, 11) is 1.60. The van der Waals surface area contributed by atoms with E-state index in [1.54, 1.807) is 7.11 Å². The average molecular weight is 364 g/mol. The van der Waals surface area contributed by atoms with Crippen LogP contribution in [-0.2, 0) is 0 Å². The van der Waals surface area contributed by atoms with Crippen LogP contribution >= 0.6 is 0 Å². The number of nitrogens with one attached hydrogen (secondary N) is 1. The number of para-hydroxylation sites is 3. The van der Waals surface area contributed by atoms with E-state index in [1.165, 1.54) is 0 Å². The number of methoxy groups -OCH3 is 1. The third kappa shape index (κ3) is 4.14. The lowest BCUT2D eigenvalue weighted by molar-refractivity contribution is 0.0946. The second kappa shape index (κ2) is 8.45. The Morgan fingerprint density at radius 2 is 1.67 bits per heavy atom. The molecule has 1 amide bonds. The third-order valence-corrected chi connectivity index (χ3v) is 4.40. The van der Waals surface area contributed by atoms with Crippen molar-refractivity contribution in [3.05, 3.63) is 77.6 Å². The van der Waals surface area contributed by atoms with E-state index in [9.17, 15) is 4.79 Å². The summed E-state index contributed by atoms with van der Waals surface area (Å²) in [6.45, 7) is 4.73. The first-order valence-corrected chi connectivity index (χ1v) is 8.90. The van der Waals surface area contributed by atoms with E-state index >= 15 is 0 Å². The lowest BCUT2D eigenvalue weighted by Crippen LogP contribution is -2.28. The maximum absolute atomic E-state index is 12.6. The van der Waals surface area contributed by atoms with Gasteiger partial charge in [0, 0.05) is 17.1 Å². The monoisotopic (exact) mass is 364 g/mol. The van der Waals surface area contributed by atoms with Gasteiger partial charge in [-0.1, -0.05) is 30.3 Å². The van der Waals surface area contributed by atoms with Crippen LogP contribution in [0.25, 0.3) is 5.69 Å². The third-order valence-electron chi connectivity index (χ3n) is 4.40. The largest absolute Gasteiger partial charge is 0.493 e. The topological polar surface area (TPSA) is 52.5 Å². The van der Waals surface area contributed by atoms with Crippen molar-refractivity contribution in [2.45, 2.75) is 13.8 Å². The SMILES string of the molecule is COc1ccccc1OCCNC(=O)c1cc(C)n(-c2ccccc2)c1C. The molecular formula is C22H24N2O3. The van der Waals surface area contributed by atoms with Gasteiger partial charge in [-0.2, -0.15) is 0 Å². The number of benzene rings is 2. The standard InChI is InChI=1S/C22H24N2O3/c1-16-15-19(17(2)24(16)18-9-5-4-6-10-18)22(25)23-13-14-27-21-12-8-7-11-20(21)26-3/h4-12,15H,13-14H2,1-3H3,(H,23,25). The average Bonchev–Trinajstić information content (AvgIpc) is 3.00. The van der Waals surface area contributed by atoms with Crippen molar-refractivity contribution in [3.8, 4) is 17.2 Å². The number of amides is 1. The summed E-state index contributed by atoms with van der Waals surface area (Å²) >= 11 is 0. The highest BCUT2D eigenvalue weighted by molar-refractivity contribution is 5.95. The molecular weight excluding hydrogens is 340 g/mol. The van der Waals surface area contributed by atoms with Crippen molar-refractivity contribution < 1.29 is 14.3 Å². The van der Waals surface area contributed by atoms with Gasteiger partial charge < -0.3 is 19.4 Å². The highest BCUT2D eigenvalue weighted by Crippen LogP contribution is 2.25. The van der Waals surface area contributed by atoms with Crippen LogP contribution in [0.1, 0.15) is 21.7 Å². The van der Waals surface area contributed by atoms with Crippen LogP contribution in [0, 0.1) is 13.8 Å². The Morgan fingerprint density at radius 1 is 1.00 bits per heavy atom. The Bertz CT molecular complexity index is 917.